The quantitative estimate of drug-likeness (QED) is 0.806. The average Bonchev–Trinajstić information content (AvgIpc) is 2.51. The average molecular weight is 386 g/mol. The van der Waals surface area contributed by atoms with Gasteiger partial charge in [0.15, 0.2) is 0 Å². The molecular formula is C14H15F5N2O3S. The number of hydrogen-bond donors (Lipinski definition) is 1. The number of amides is 1. The number of piperidine rings is 1. The fraction of sp³-hybridized carbons (Fsp3) is 0.500. The summed E-state index contributed by atoms with van der Waals surface area (Å²) in [7, 11) is -4.21. The van der Waals surface area contributed by atoms with E-state index in [1.54, 1.807) is 5.32 Å². The van der Waals surface area contributed by atoms with Gasteiger partial charge in [0.25, 0.3) is 0 Å². The van der Waals surface area contributed by atoms with Crippen LogP contribution in [0, 0.1) is 17.6 Å². The molecule has 0 saturated carbocycles. The van der Waals surface area contributed by atoms with E-state index in [0.717, 1.165) is 16.4 Å². The largest absolute Gasteiger partial charge is 0.405 e. The molecule has 0 radical (unpaired) electrons. The molecule has 5 nitrogen and oxygen atoms in total. The van der Waals surface area contributed by atoms with Crippen LogP contribution in [0.2, 0.25) is 0 Å². The summed E-state index contributed by atoms with van der Waals surface area (Å²) < 4.78 is 88.5. The van der Waals surface area contributed by atoms with Crippen molar-refractivity contribution in [3.8, 4) is 0 Å². The van der Waals surface area contributed by atoms with Gasteiger partial charge in [0.1, 0.15) is 23.1 Å². The van der Waals surface area contributed by atoms with Crippen molar-refractivity contribution in [2.75, 3.05) is 19.6 Å². The molecule has 0 atom stereocenters. The molecule has 1 aliphatic heterocycles. The molecule has 0 aromatic heterocycles. The van der Waals surface area contributed by atoms with Gasteiger partial charge in [0.05, 0.1) is 0 Å². The first kappa shape index (κ1) is 19.6. The standard InChI is InChI=1S/C14H15F5N2O3S/c15-10-1-2-12(11(16)7-10)25(23,24)21-5-3-9(4-6-21)13(22)20-8-14(17,18)19/h1-2,7,9H,3-6,8H2,(H,20,22). The van der Waals surface area contributed by atoms with Gasteiger partial charge in [-0.05, 0) is 25.0 Å². The molecule has 0 spiro atoms. The Morgan fingerprint density at radius 3 is 2.32 bits per heavy atom. The van der Waals surface area contributed by atoms with Crippen LogP contribution in [-0.2, 0) is 14.8 Å². The zero-order chi connectivity index (χ0) is 18.8. The zero-order valence-corrected chi connectivity index (χ0v) is 13.6. The first-order valence-corrected chi connectivity index (χ1v) is 8.74. The van der Waals surface area contributed by atoms with Crippen LogP contribution in [0.15, 0.2) is 23.1 Å². The van der Waals surface area contributed by atoms with Crippen LogP contribution in [0.25, 0.3) is 0 Å². The lowest BCUT2D eigenvalue weighted by atomic mass is 9.97. The number of carbonyl (C=O) groups is 1. The Morgan fingerprint density at radius 1 is 1.20 bits per heavy atom. The van der Waals surface area contributed by atoms with Crippen LogP contribution in [0.1, 0.15) is 12.8 Å². The van der Waals surface area contributed by atoms with Gasteiger partial charge in [-0.3, -0.25) is 4.79 Å². The molecule has 1 N–H and O–H groups in total. The van der Waals surface area contributed by atoms with Crippen molar-refractivity contribution in [3.05, 3.63) is 29.8 Å². The third kappa shape index (κ3) is 4.88. The summed E-state index contributed by atoms with van der Waals surface area (Å²) in [5.41, 5.74) is 0. The fourth-order valence-electron chi connectivity index (χ4n) is 2.51. The molecule has 0 bridgehead atoms. The Hall–Kier alpha value is -1.75. The highest BCUT2D eigenvalue weighted by molar-refractivity contribution is 7.89. The van der Waals surface area contributed by atoms with Crippen molar-refractivity contribution >= 4 is 15.9 Å². The van der Waals surface area contributed by atoms with Crippen LogP contribution >= 0.6 is 0 Å². The number of benzene rings is 1. The molecule has 1 aliphatic rings. The lowest BCUT2D eigenvalue weighted by Gasteiger charge is -2.30. The Bertz CT molecular complexity index is 743. The van der Waals surface area contributed by atoms with E-state index < -0.39 is 51.1 Å². The molecule has 1 aromatic carbocycles. The SMILES string of the molecule is O=C(NCC(F)(F)F)C1CCN(S(=O)(=O)c2ccc(F)cc2F)CC1. The molecule has 1 heterocycles. The van der Waals surface area contributed by atoms with Gasteiger partial charge in [0, 0.05) is 25.1 Å². The summed E-state index contributed by atoms with van der Waals surface area (Å²) in [6.07, 6.45) is -4.52. The summed E-state index contributed by atoms with van der Waals surface area (Å²) in [6, 6.07) is 2.07. The van der Waals surface area contributed by atoms with Crippen molar-refractivity contribution in [2.45, 2.75) is 23.9 Å². The number of carbonyl (C=O) groups excluding carboxylic acids is 1. The maximum atomic E-state index is 13.7. The van der Waals surface area contributed by atoms with E-state index in [4.69, 9.17) is 0 Å². The molecule has 1 amide bonds. The van der Waals surface area contributed by atoms with Gasteiger partial charge in [-0.25, -0.2) is 17.2 Å². The molecule has 25 heavy (non-hydrogen) atoms. The summed E-state index contributed by atoms with van der Waals surface area (Å²) in [4.78, 5) is 11.0. The molecule has 2 rings (SSSR count). The highest BCUT2D eigenvalue weighted by Gasteiger charge is 2.35. The van der Waals surface area contributed by atoms with Crippen LogP contribution in [0.5, 0.6) is 0 Å². The van der Waals surface area contributed by atoms with E-state index >= 15 is 0 Å². The van der Waals surface area contributed by atoms with Crippen molar-refractivity contribution in [1.29, 1.82) is 0 Å². The minimum absolute atomic E-state index is 0.00569. The van der Waals surface area contributed by atoms with E-state index in [0.29, 0.717) is 6.07 Å². The summed E-state index contributed by atoms with van der Waals surface area (Å²) in [5, 5.41) is 1.76. The van der Waals surface area contributed by atoms with Gasteiger partial charge in [-0.15, -0.1) is 0 Å². The van der Waals surface area contributed by atoms with Crippen molar-refractivity contribution in [2.24, 2.45) is 5.92 Å². The van der Waals surface area contributed by atoms with E-state index in [1.165, 1.54) is 0 Å². The van der Waals surface area contributed by atoms with Crippen molar-refractivity contribution in [1.82, 2.24) is 9.62 Å². The monoisotopic (exact) mass is 386 g/mol. The summed E-state index contributed by atoms with van der Waals surface area (Å²) >= 11 is 0. The third-order valence-electron chi connectivity index (χ3n) is 3.80. The summed E-state index contributed by atoms with van der Waals surface area (Å²) in [6.45, 7) is -1.75. The van der Waals surface area contributed by atoms with E-state index in [-0.39, 0.29) is 25.9 Å². The Morgan fingerprint density at radius 2 is 1.80 bits per heavy atom. The second-order valence-corrected chi connectivity index (χ2v) is 7.49. The molecular weight excluding hydrogens is 371 g/mol. The molecule has 1 fully saturated rings. The highest BCUT2D eigenvalue weighted by atomic mass is 32.2. The van der Waals surface area contributed by atoms with Gasteiger partial charge in [0.2, 0.25) is 15.9 Å². The molecule has 140 valence electrons. The van der Waals surface area contributed by atoms with Crippen molar-refractivity contribution in [3.63, 3.8) is 0 Å². The zero-order valence-electron chi connectivity index (χ0n) is 12.8. The maximum absolute atomic E-state index is 13.7. The number of nitrogens with zero attached hydrogens (tertiary/aromatic N) is 1. The minimum Gasteiger partial charge on any atom is -0.347 e. The fourth-order valence-corrected chi connectivity index (χ4v) is 4.03. The van der Waals surface area contributed by atoms with Gasteiger partial charge in [-0.2, -0.15) is 17.5 Å². The van der Waals surface area contributed by atoms with Gasteiger partial charge >= 0.3 is 6.18 Å². The first-order chi connectivity index (χ1) is 11.5. The lowest BCUT2D eigenvalue weighted by Crippen LogP contribution is -2.44. The molecule has 1 saturated heterocycles. The van der Waals surface area contributed by atoms with Gasteiger partial charge in [-0.1, -0.05) is 0 Å². The second-order valence-electron chi connectivity index (χ2n) is 5.59. The van der Waals surface area contributed by atoms with E-state index in [1.807, 2.05) is 0 Å². The number of halogens is 5. The molecule has 0 aliphatic carbocycles. The maximum Gasteiger partial charge on any atom is 0.405 e. The minimum atomic E-state index is -4.53. The number of nitrogens with one attached hydrogen (secondary N) is 1. The smallest absolute Gasteiger partial charge is 0.347 e. The number of alkyl halides is 3. The van der Waals surface area contributed by atoms with Crippen LogP contribution in [-0.4, -0.2) is 44.4 Å². The number of hydrogen-bond acceptors (Lipinski definition) is 3. The lowest BCUT2D eigenvalue weighted by molar-refractivity contribution is -0.141. The predicted molar refractivity (Wildman–Crippen MR) is 76.9 cm³/mol. The third-order valence-corrected chi connectivity index (χ3v) is 5.73. The molecule has 11 heteroatoms. The van der Waals surface area contributed by atoms with E-state index in [9.17, 15) is 35.2 Å². The molecule has 1 aromatic rings. The van der Waals surface area contributed by atoms with Gasteiger partial charge < -0.3 is 5.32 Å². The van der Waals surface area contributed by atoms with Crippen LogP contribution < -0.4 is 5.32 Å². The Balaban J connectivity index is 2.00. The topological polar surface area (TPSA) is 66.5 Å². The number of rotatable bonds is 4. The van der Waals surface area contributed by atoms with Crippen LogP contribution in [0.3, 0.4) is 0 Å². The summed E-state index contributed by atoms with van der Waals surface area (Å²) in [5.74, 6) is -3.71. The highest BCUT2D eigenvalue weighted by Crippen LogP contribution is 2.26. The first-order valence-electron chi connectivity index (χ1n) is 7.30. The normalized spacial score (nSPS) is 17.5. The van der Waals surface area contributed by atoms with E-state index in [2.05, 4.69) is 0 Å². The second kappa shape index (κ2) is 7.24. The van der Waals surface area contributed by atoms with Crippen molar-refractivity contribution < 1.29 is 35.2 Å². The Kier molecular flexibility index (Phi) is 5.67. The Labute approximate surface area is 140 Å². The number of sulfonamides is 1. The molecule has 0 unspecified atom stereocenters. The van der Waals surface area contributed by atoms with Crippen LogP contribution in [0.4, 0.5) is 22.0 Å². The predicted octanol–water partition coefficient (Wildman–Crippen LogP) is 2.04.